The van der Waals surface area contributed by atoms with Gasteiger partial charge in [-0.25, -0.2) is 4.98 Å². The number of nitrogen functional groups attached to an aromatic ring is 1. The molecule has 1 rings (SSSR count). The van der Waals surface area contributed by atoms with E-state index in [-0.39, 0.29) is 5.91 Å². The van der Waals surface area contributed by atoms with Crippen molar-refractivity contribution in [1.29, 1.82) is 0 Å². The third-order valence-corrected chi connectivity index (χ3v) is 3.03. The number of nitrogens with one attached hydrogen (secondary N) is 1. The molecule has 0 aliphatic heterocycles. The van der Waals surface area contributed by atoms with Crippen LogP contribution < -0.4 is 11.1 Å². The first-order valence-electron chi connectivity index (χ1n) is 5.71. The van der Waals surface area contributed by atoms with Crippen molar-refractivity contribution >= 4 is 23.5 Å². The number of anilines is 1. The van der Waals surface area contributed by atoms with E-state index in [4.69, 9.17) is 5.73 Å². The Morgan fingerprint density at radius 1 is 1.53 bits per heavy atom. The molecule has 94 valence electrons. The third kappa shape index (κ3) is 4.65. The Labute approximate surface area is 106 Å². The minimum Gasteiger partial charge on any atom is -0.384 e. The number of nitrogens with two attached hydrogens (primary N) is 1. The average molecular weight is 253 g/mol. The fourth-order valence-corrected chi connectivity index (χ4v) is 1.88. The van der Waals surface area contributed by atoms with E-state index in [1.165, 1.54) is 0 Å². The standard InChI is InChI=1S/C12H19N3OS/c1-3-10-7-9(8-11(13)15-10)12(16)14-5-4-6-17-2/h7-8H,3-6H2,1-2H3,(H2,13,15)(H,14,16). The van der Waals surface area contributed by atoms with Gasteiger partial charge in [-0.15, -0.1) is 0 Å². The topological polar surface area (TPSA) is 68.0 Å². The second kappa shape index (κ2) is 7.17. The molecule has 3 N–H and O–H groups in total. The van der Waals surface area contributed by atoms with Crippen LogP contribution in [0, 0.1) is 0 Å². The predicted octanol–water partition coefficient (Wildman–Crippen LogP) is 1.71. The zero-order valence-electron chi connectivity index (χ0n) is 10.3. The summed E-state index contributed by atoms with van der Waals surface area (Å²) in [4.78, 5) is 16.0. The SMILES string of the molecule is CCc1cc(C(=O)NCCCSC)cc(N)n1. The van der Waals surface area contributed by atoms with Gasteiger partial charge < -0.3 is 11.1 Å². The van der Waals surface area contributed by atoms with Crippen molar-refractivity contribution in [2.75, 3.05) is 24.3 Å². The van der Waals surface area contributed by atoms with Gasteiger partial charge in [0.2, 0.25) is 0 Å². The lowest BCUT2D eigenvalue weighted by atomic mass is 10.2. The van der Waals surface area contributed by atoms with Crippen LogP contribution in [-0.4, -0.2) is 29.4 Å². The summed E-state index contributed by atoms with van der Waals surface area (Å²) < 4.78 is 0. The molecule has 5 heteroatoms. The Balaban J connectivity index is 2.59. The number of aryl methyl sites for hydroxylation is 1. The van der Waals surface area contributed by atoms with Gasteiger partial charge in [0.05, 0.1) is 0 Å². The summed E-state index contributed by atoms with van der Waals surface area (Å²) >= 11 is 1.78. The molecular weight excluding hydrogens is 234 g/mol. The number of hydrogen-bond acceptors (Lipinski definition) is 4. The molecular formula is C12H19N3OS. The third-order valence-electron chi connectivity index (χ3n) is 2.33. The molecule has 0 saturated carbocycles. The number of carbonyl (C=O) groups excluding carboxylic acids is 1. The van der Waals surface area contributed by atoms with E-state index in [2.05, 4.69) is 16.6 Å². The second-order valence-corrected chi connectivity index (χ2v) is 4.71. The summed E-state index contributed by atoms with van der Waals surface area (Å²) in [5.74, 6) is 1.38. The van der Waals surface area contributed by atoms with Crippen LogP contribution in [0.5, 0.6) is 0 Å². The molecule has 1 aromatic rings. The minimum absolute atomic E-state index is 0.0742. The predicted molar refractivity (Wildman–Crippen MR) is 73.4 cm³/mol. The lowest BCUT2D eigenvalue weighted by molar-refractivity contribution is 0.0953. The van der Waals surface area contributed by atoms with Crippen LogP contribution in [0.25, 0.3) is 0 Å². The minimum atomic E-state index is -0.0742. The lowest BCUT2D eigenvalue weighted by Gasteiger charge is -2.06. The van der Waals surface area contributed by atoms with E-state index < -0.39 is 0 Å². The summed E-state index contributed by atoms with van der Waals surface area (Å²) in [6.07, 6.45) is 3.81. The summed E-state index contributed by atoms with van der Waals surface area (Å²) in [7, 11) is 0. The fourth-order valence-electron chi connectivity index (χ4n) is 1.44. The van der Waals surface area contributed by atoms with Gasteiger partial charge in [-0.3, -0.25) is 4.79 Å². The van der Waals surface area contributed by atoms with Crippen molar-refractivity contribution in [1.82, 2.24) is 10.3 Å². The van der Waals surface area contributed by atoms with Crippen molar-refractivity contribution in [2.45, 2.75) is 19.8 Å². The molecule has 0 aliphatic carbocycles. The van der Waals surface area contributed by atoms with Gasteiger partial charge in [0, 0.05) is 17.8 Å². The van der Waals surface area contributed by atoms with Crippen molar-refractivity contribution < 1.29 is 4.79 Å². The molecule has 4 nitrogen and oxygen atoms in total. The van der Waals surface area contributed by atoms with E-state index in [9.17, 15) is 4.79 Å². The van der Waals surface area contributed by atoms with Crippen LogP contribution in [0.4, 0.5) is 5.82 Å². The average Bonchev–Trinajstić information content (AvgIpc) is 2.33. The van der Waals surface area contributed by atoms with Crippen LogP contribution in [-0.2, 0) is 6.42 Å². The van der Waals surface area contributed by atoms with Crippen LogP contribution in [0.1, 0.15) is 29.4 Å². The zero-order valence-corrected chi connectivity index (χ0v) is 11.1. The fraction of sp³-hybridized carbons (Fsp3) is 0.500. The van der Waals surface area contributed by atoms with Crippen molar-refractivity contribution in [3.63, 3.8) is 0 Å². The van der Waals surface area contributed by atoms with Gasteiger partial charge in [0.25, 0.3) is 5.91 Å². The molecule has 0 aliphatic rings. The van der Waals surface area contributed by atoms with Crippen LogP contribution in [0.3, 0.4) is 0 Å². The maximum absolute atomic E-state index is 11.8. The van der Waals surface area contributed by atoms with E-state index in [1.807, 2.05) is 6.92 Å². The molecule has 0 fully saturated rings. The molecule has 0 spiro atoms. The van der Waals surface area contributed by atoms with Crippen molar-refractivity contribution in [2.24, 2.45) is 0 Å². The molecule has 0 bridgehead atoms. The Hall–Kier alpha value is -1.23. The van der Waals surface area contributed by atoms with Gasteiger partial charge >= 0.3 is 0 Å². The van der Waals surface area contributed by atoms with Crippen LogP contribution in [0.2, 0.25) is 0 Å². The highest BCUT2D eigenvalue weighted by Crippen LogP contribution is 2.08. The number of amides is 1. The molecule has 0 aromatic carbocycles. The first-order valence-corrected chi connectivity index (χ1v) is 7.10. The van der Waals surface area contributed by atoms with Gasteiger partial charge in [-0.2, -0.15) is 11.8 Å². The zero-order chi connectivity index (χ0) is 12.7. The van der Waals surface area contributed by atoms with E-state index in [0.29, 0.717) is 17.9 Å². The largest absolute Gasteiger partial charge is 0.384 e. The molecule has 0 saturated heterocycles. The number of thioether (sulfide) groups is 1. The molecule has 1 aromatic heterocycles. The number of carbonyl (C=O) groups is 1. The maximum atomic E-state index is 11.8. The molecule has 1 heterocycles. The lowest BCUT2D eigenvalue weighted by Crippen LogP contribution is -2.25. The second-order valence-electron chi connectivity index (χ2n) is 3.73. The molecule has 1 amide bonds. The van der Waals surface area contributed by atoms with E-state index in [1.54, 1.807) is 23.9 Å². The highest BCUT2D eigenvalue weighted by molar-refractivity contribution is 7.98. The highest BCUT2D eigenvalue weighted by Gasteiger charge is 2.07. The Morgan fingerprint density at radius 3 is 2.94 bits per heavy atom. The first kappa shape index (κ1) is 13.8. The monoisotopic (exact) mass is 253 g/mol. The van der Waals surface area contributed by atoms with Gasteiger partial charge in [0.15, 0.2) is 0 Å². The Kier molecular flexibility index (Phi) is 5.83. The summed E-state index contributed by atoms with van der Waals surface area (Å²) in [5, 5.41) is 2.88. The Bertz CT molecular complexity index is 382. The number of nitrogens with zero attached hydrogens (tertiary/aromatic N) is 1. The number of rotatable bonds is 6. The van der Waals surface area contributed by atoms with Crippen LogP contribution in [0.15, 0.2) is 12.1 Å². The number of hydrogen-bond donors (Lipinski definition) is 2. The molecule has 0 radical (unpaired) electrons. The first-order chi connectivity index (χ1) is 8.17. The van der Waals surface area contributed by atoms with Crippen molar-refractivity contribution in [3.05, 3.63) is 23.4 Å². The van der Waals surface area contributed by atoms with Gasteiger partial charge in [-0.05, 0) is 37.0 Å². The van der Waals surface area contributed by atoms with Gasteiger partial charge in [0.1, 0.15) is 5.82 Å². The van der Waals surface area contributed by atoms with E-state index >= 15 is 0 Å². The van der Waals surface area contributed by atoms with Gasteiger partial charge in [-0.1, -0.05) is 6.92 Å². The molecule has 0 unspecified atom stereocenters. The molecule has 0 atom stereocenters. The van der Waals surface area contributed by atoms with Crippen molar-refractivity contribution in [3.8, 4) is 0 Å². The molecule has 17 heavy (non-hydrogen) atoms. The normalized spacial score (nSPS) is 10.2. The Morgan fingerprint density at radius 2 is 2.29 bits per heavy atom. The summed E-state index contributed by atoms with van der Waals surface area (Å²) in [6.45, 7) is 2.69. The smallest absolute Gasteiger partial charge is 0.251 e. The quantitative estimate of drug-likeness (QED) is 0.757. The number of aromatic nitrogens is 1. The number of pyridine rings is 1. The maximum Gasteiger partial charge on any atom is 0.251 e. The summed E-state index contributed by atoms with van der Waals surface area (Å²) in [5.41, 5.74) is 7.10. The van der Waals surface area contributed by atoms with Crippen LogP contribution >= 0.6 is 11.8 Å². The van der Waals surface area contributed by atoms with E-state index in [0.717, 1.165) is 24.3 Å². The summed E-state index contributed by atoms with van der Waals surface area (Å²) in [6, 6.07) is 3.41. The highest BCUT2D eigenvalue weighted by atomic mass is 32.2.